The highest BCUT2D eigenvalue weighted by molar-refractivity contribution is 6.05. The average molecular weight is 259 g/mol. The summed E-state index contributed by atoms with van der Waals surface area (Å²) >= 11 is 0. The van der Waals surface area contributed by atoms with E-state index in [0.717, 1.165) is 0 Å². The van der Waals surface area contributed by atoms with Crippen molar-refractivity contribution in [2.75, 3.05) is 5.32 Å². The molecule has 0 aliphatic rings. The maximum absolute atomic E-state index is 12.0. The number of anilines is 1. The number of aromatic nitrogens is 2. The van der Waals surface area contributed by atoms with E-state index in [4.69, 9.17) is 5.11 Å². The van der Waals surface area contributed by atoms with E-state index in [-0.39, 0.29) is 11.5 Å². The maximum Gasteiger partial charge on any atom is 0.335 e. The van der Waals surface area contributed by atoms with Crippen LogP contribution in [0.1, 0.15) is 26.4 Å². The van der Waals surface area contributed by atoms with Crippen LogP contribution in [0.25, 0.3) is 0 Å². The molecule has 1 amide bonds. The van der Waals surface area contributed by atoms with Crippen molar-refractivity contribution >= 4 is 17.6 Å². The maximum atomic E-state index is 12.0. The van der Waals surface area contributed by atoms with E-state index in [1.807, 2.05) is 0 Å². The molecule has 19 heavy (non-hydrogen) atoms. The monoisotopic (exact) mass is 259 g/mol. The molecule has 0 saturated carbocycles. The Morgan fingerprint density at radius 1 is 1.26 bits per heavy atom. The van der Waals surface area contributed by atoms with Gasteiger partial charge in [0, 0.05) is 18.9 Å². The van der Waals surface area contributed by atoms with Crippen molar-refractivity contribution in [1.29, 1.82) is 0 Å². The molecule has 0 aliphatic heterocycles. The van der Waals surface area contributed by atoms with Gasteiger partial charge in [0.15, 0.2) is 0 Å². The zero-order valence-electron chi connectivity index (χ0n) is 10.5. The molecule has 2 aromatic rings. The fraction of sp³-hybridized carbons (Fsp3) is 0.154. The number of carboxylic acids is 1. The molecule has 0 spiro atoms. The van der Waals surface area contributed by atoms with Gasteiger partial charge >= 0.3 is 5.97 Å². The number of amides is 1. The lowest BCUT2D eigenvalue weighted by Gasteiger charge is -2.04. The van der Waals surface area contributed by atoms with Crippen LogP contribution in [0.15, 0.2) is 30.5 Å². The summed E-state index contributed by atoms with van der Waals surface area (Å²) in [5.41, 5.74) is 1.85. The van der Waals surface area contributed by atoms with Crippen LogP contribution in [0.2, 0.25) is 0 Å². The first kappa shape index (κ1) is 12.8. The van der Waals surface area contributed by atoms with Gasteiger partial charge in [0.1, 0.15) is 0 Å². The van der Waals surface area contributed by atoms with Crippen molar-refractivity contribution < 1.29 is 14.7 Å². The van der Waals surface area contributed by atoms with Gasteiger partial charge in [0.25, 0.3) is 5.91 Å². The first-order valence-corrected chi connectivity index (χ1v) is 5.62. The number of hydrogen-bond donors (Lipinski definition) is 2. The van der Waals surface area contributed by atoms with Crippen LogP contribution < -0.4 is 5.32 Å². The van der Waals surface area contributed by atoms with E-state index in [9.17, 15) is 9.59 Å². The third kappa shape index (κ3) is 2.79. The number of rotatable bonds is 3. The molecule has 0 saturated heterocycles. The van der Waals surface area contributed by atoms with Crippen molar-refractivity contribution in [1.82, 2.24) is 9.78 Å². The second kappa shape index (κ2) is 4.93. The molecule has 0 unspecified atom stereocenters. The Morgan fingerprint density at radius 3 is 2.37 bits per heavy atom. The minimum absolute atomic E-state index is 0.176. The number of aromatic carboxylic acids is 1. The van der Waals surface area contributed by atoms with E-state index in [1.165, 1.54) is 12.1 Å². The van der Waals surface area contributed by atoms with Crippen LogP contribution in [0.3, 0.4) is 0 Å². The lowest BCUT2D eigenvalue weighted by molar-refractivity contribution is 0.0696. The molecule has 6 nitrogen and oxygen atoms in total. The van der Waals surface area contributed by atoms with Crippen LogP contribution in [-0.2, 0) is 7.05 Å². The van der Waals surface area contributed by atoms with Crippen LogP contribution in [0, 0.1) is 6.92 Å². The highest BCUT2D eigenvalue weighted by Crippen LogP contribution is 2.12. The summed E-state index contributed by atoms with van der Waals surface area (Å²) in [6.07, 6.45) is 1.64. The molecule has 1 aromatic heterocycles. The predicted octanol–water partition coefficient (Wildman–Crippen LogP) is 1.68. The van der Waals surface area contributed by atoms with E-state index < -0.39 is 5.97 Å². The molecule has 1 aromatic carbocycles. The molecular formula is C13H13N3O3. The van der Waals surface area contributed by atoms with Gasteiger partial charge in [-0.3, -0.25) is 9.48 Å². The number of carbonyl (C=O) groups excluding carboxylic acids is 1. The molecule has 2 rings (SSSR count). The molecule has 0 atom stereocenters. The number of nitrogens with one attached hydrogen (secondary N) is 1. The van der Waals surface area contributed by atoms with Crippen molar-refractivity contribution in [2.45, 2.75) is 6.92 Å². The molecule has 0 bridgehead atoms. The number of carboxylic acid groups (broad SMARTS) is 1. The second-order valence-corrected chi connectivity index (χ2v) is 4.14. The lowest BCUT2D eigenvalue weighted by Crippen LogP contribution is -2.12. The first-order chi connectivity index (χ1) is 8.97. The number of benzene rings is 1. The molecule has 1 heterocycles. The molecule has 2 N–H and O–H groups in total. The molecule has 6 heteroatoms. The van der Waals surface area contributed by atoms with Gasteiger partial charge in [-0.25, -0.2) is 4.79 Å². The summed E-state index contributed by atoms with van der Waals surface area (Å²) in [5.74, 6) is -1.27. The Kier molecular flexibility index (Phi) is 3.33. The summed E-state index contributed by atoms with van der Waals surface area (Å²) < 4.78 is 1.57. The fourth-order valence-electron chi connectivity index (χ4n) is 1.72. The Bertz CT molecular complexity index is 629. The quantitative estimate of drug-likeness (QED) is 0.878. The summed E-state index contributed by atoms with van der Waals surface area (Å²) in [5, 5.41) is 15.6. The average Bonchev–Trinajstić information content (AvgIpc) is 2.69. The van der Waals surface area contributed by atoms with Gasteiger partial charge in [-0.15, -0.1) is 0 Å². The molecule has 0 radical (unpaired) electrons. The van der Waals surface area contributed by atoms with E-state index in [1.54, 1.807) is 37.0 Å². The highest BCUT2D eigenvalue weighted by atomic mass is 16.4. The van der Waals surface area contributed by atoms with Crippen LogP contribution in [0.4, 0.5) is 5.69 Å². The number of hydrogen-bond acceptors (Lipinski definition) is 3. The summed E-state index contributed by atoms with van der Waals surface area (Å²) in [6, 6.07) is 5.97. The minimum Gasteiger partial charge on any atom is -0.478 e. The number of carbonyl (C=O) groups is 2. The van der Waals surface area contributed by atoms with Crippen molar-refractivity contribution in [3.8, 4) is 0 Å². The Balaban J connectivity index is 2.15. The Labute approximate surface area is 109 Å². The SMILES string of the molecule is Cc1nn(C)cc1C(=O)Nc1ccc(C(=O)O)cc1. The van der Waals surface area contributed by atoms with E-state index in [2.05, 4.69) is 10.4 Å². The standard InChI is InChI=1S/C13H13N3O3/c1-8-11(7-16(2)15-8)12(17)14-10-5-3-9(4-6-10)13(18)19/h3-7H,1-2H3,(H,14,17)(H,18,19). The summed E-state index contributed by atoms with van der Waals surface area (Å²) in [6.45, 7) is 1.75. The van der Waals surface area contributed by atoms with Gasteiger partial charge in [0.05, 0.1) is 16.8 Å². The minimum atomic E-state index is -0.999. The molecule has 98 valence electrons. The summed E-state index contributed by atoms with van der Waals surface area (Å²) in [4.78, 5) is 22.7. The van der Waals surface area contributed by atoms with Gasteiger partial charge in [0.2, 0.25) is 0 Å². The molecular weight excluding hydrogens is 246 g/mol. The zero-order valence-corrected chi connectivity index (χ0v) is 10.5. The third-order valence-corrected chi connectivity index (χ3v) is 2.65. The third-order valence-electron chi connectivity index (χ3n) is 2.65. The normalized spacial score (nSPS) is 10.2. The van der Waals surface area contributed by atoms with Crippen LogP contribution >= 0.6 is 0 Å². The highest BCUT2D eigenvalue weighted by Gasteiger charge is 2.12. The molecule has 0 aliphatic carbocycles. The zero-order chi connectivity index (χ0) is 14.0. The topological polar surface area (TPSA) is 84.2 Å². The van der Waals surface area contributed by atoms with Crippen LogP contribution in [-0.4, -0.2) is 26.8 Å². The predicted molar refractivity (Wildman–Crippen MR) is 69.3 cm³/mol. The van der Waals surface area contributed by atoms with Gasteiger partial charge < -0.3 is 10.4 Å². The second-order valence-electron chi connectivity index (χ2n) is 4.14. The smallest absolute Gasteiger partial charge is 0.335 e. The van der Waals surface area contributed by atoms with E-state index >= 15 is 0 Å². The number of aryl methyl sites for hydroxylation is 2. The molecule has 0 fully saturated rings. The van der Waals surface area contributed by atoms with Gasteiger partial charge in [-0.1, -0.05) is 0 Å². The fourth-order valence-corrected chi connectivity index (χ4v) is 1.72. The van der Waals surface area contributed by atoms with Crippen molar-refractivity contribution in [2.24, 2.45) is 7.05 Å². The Hall–Kier alpha value is -2.63. The Morgan fingerprint density at radius 2 is 1.89 bits per heavy atom. The van der Waals surface area contributed by atoms with Gasteiger partial charge in [-0.2, -0.15) is 5.10 Å². The van der Waals surface area contributed by atoms with Crippen LogP contribution in [0.5, 0.6) is 0 Å². The van der Waals surface area contributed by atoms with Gasteiger partial charge in [-0.05, 0) is 31.2 Å². The number of nitrogens with zero attached hydrogens (tertiary/aromatic N) is 2. The van der Waals surface area contributed by atoms with Crippen molar-refractivity contribution in [3.05, 3.63) is 47.3 Å². The van der Waals surface area contributed by atoms with E-state index in [0.29, 0.717) is 16.9 Å². The lowest BCUT2D eigenvalue weighted by atomic mass is 10.2. The van der Waals surface area contributed by atoms with Crippen molar-refractivity contribution in [3.63, 3.8) is 0 Å². The summed E-state index contributed by atoms with van der Waals surface area (Å²) in [7, 11) is 1.74. The largest absolute Gasteiger partial charge is 0.478 e. The first-order valence-electron chi connectivity index (χ1n) is 5.62.